The molecular weight excluding hydrogens is 316 g/mol. The Labute approximate surface area is 147 Å². The van der Waals surface area contributed by atoms with Gasteiger partial charge in [-0.1, -0.05) is 42.5 Å². The molecule has 2 amide bonds. The molecule has 0 aromatic heterocycles. The summed E-state index contributed by atoms with van der Waals surface area (Å²) in [6.45, 7) is 3.79. The summed E-state index contributed by atoms with van der Waals surface area (Å²) in [5.74, 6) is -0.582. The van der Waals surface area contributed by atoms with E-state index in [0.29, 0.717) is 19.6 Å². The first-order valence-electron chi connectivity index (χ1n) is 8.38. The predicted molar refractivity (Wildman–Crippen MR) is 96.5 cm³/mol. The zero-order valence-corrected chi connectivity index (χ0v) is 14.5. The Morgan fingerprint density at radius 1 is 1.08 bits per heavy atom. The molecule has 0 bridgehead atoms. The second-order valence-corrected chi connectivity index (χ2v) is 6.18. The van der Waals surface area contributed by atoms with E-state index in [2.05, 4.69) is 0 Å². The molecule has 0 spiro atoms. The van der Waals surface area contributed by atoms with Crippen molar-refractivity contribution in [1.29, 1.82) is 0 Å². The third-order valence-corrected chi connectivity index (χ3v) is 4.57. The molecule has 2 aromatic carbocycles. The van der Waals surface area contributed by atoms with Gasteiger partial charge in [0.05, 0.1) is 13.0 Å². The van der Waals surface area contributed by atoms with Crippen molar-refractivity contribution in [3.8, 4) is 0 Å². The van der Waals surface area contributed by atoms with Crippen LogP contribution in [0.4, 0.5) is 10.5 Å². The van der Waals surface area contributed by atoms with E-state index in [-0.39, 0.29) is 17.9 Å². The largest absolute Gasteiger partial charge is 0.469 e. The van der Waals surface area contributed by atoms with Gasteiger partial charge >= 0.3 is 12.0 Å². The Hall–Kier alpha value is -2.82. The number of rotatable bonds is 5. The number of methoxy groups -OCH3 is 1. The van der Waals surface area contributed by atoms with Crippen LogP contribution in [-0.4, -0.2) is 37.1 Å². The Bertz CT molecular complexity index is 743. The van der Waals surface area contributed by atoms with Crippen molar-refractivity contribution >= 4 is 17.7 Å². The van der Waals surface area contributed by atoms with Crippen LogP contribution < -0.4 is 4.90 Å². The van der Waals surface area contributed by atoms with Crippen LogP contribution in [0, 0.1) is 0 Å². The molecule has 3 rings (SSSR count). The molecule has 5 heteroatoms. The Balaban J connectivity index is 1.68. The zero-order valence-electron chi connectivity index (χ0n) is 14.5. The van der Waals surface area contributed by atoms with Gasteiger partial charge in [-0.25, -0.2) is 4.79 Å². The standard InChI is InChI=1S/C20H22N2O3/c1-15(19(23)25-2)17-8-10-18(11-9-17)22-13-12-21(20(22)24)14-16-6-4-3-5-7-16/h3-11,15H,12-14H2,1-2H3. The minimum Gasteiger partial charge on any atom is -0.469 e. The Kier molecular flexibility index (Phi) is 5.03. The third-order valence-electron chi connectivity index (χ3n) is 4.57. The molecule has 0 saturated carbocycles. The molecule has 5 nitrogen and oxygen atoms in total. The van der Waals surface area contributed by atoms with E-state index >= 15 is 0 Å². The maximum Gasteiger partial charge on any atom is 0.324 e. The van der Waals surface area contributed by atoms with Crippen molar-refractivity contribution < 1.29 is 14.3 Å². The molecule has 1 aliphatic heterocycles. The zero-order chi connectivity index (χ0) is 17.8. The Morgan fingerprint density at radius 2 is 1.76 bits per heavy atom. The van der Waals surface area contributed by atoms with E-state index in [9.17, 15) is 9.59 Å². The number of ether oxygens (including phenoxy) is 1. The quantitative estimate of drug-likeness (QED) is 0.785. The van der Waals surface area contributed by atoms with Crippen LogP contribution in [-0.2, 0) is 16.1 Å². The van der Waals surface area contributed by atoms with Gasteiger partial charge in [0.25, 0.3) is 0 Å². The minimum atomic E-state index is -0.317. The second-order valence-electron chi connectivity index (χ2n) is 6.18. The molecule has 1 saturated heterocycles. The van der Waals surface area contributed by atoms with Crippen LogP contribution in [0.1, 0.15) is 24.0 Å². The number of carbonyl (C=O) groups excluding carboxylic acids is 2. The van der Waals surface area contributed by atoms with Gasteiger partial charge in [-0.3, -0.25) is 9.69 Å². The van der Waals surface area contributed by atoms with E-state index in [1.807, 2.05) is 66.4 Å². The summed E-state index contributed by atoms with van der Waals surface area (Å²) < 4.78 is 4.77. The van der Waals surface area contributed by atoms with Gasteiger partial charge in [0.2, 0.25) is 0 Å². The fourth-order valence-corrected chi connectivity index (χ4v) is 3.03. The monoisotopic (exact) mass is 338 g/mol. The van der Waals surface area contributed by atoms with Crippen molar-refractivity contribution in [3.63, 3.8) is 0 Å². The van der Waals surface area contributed by atoms with Gasteiger partial charge in [-0.15, -0.1) is 0 Å². The van der Waals surface area contributed by atoms with Crippen LogP contribution >= 0.6 is 0 Å². The molecule has 1 heterocycles. The molecule has 0 radical (unpaired) electrons. The molecule has 25 heavy (non-hydrogen) atoms. The summed E-state index contributed by atoms with van der Waals surface area (Å²) in [4.78, 5) is 27.9. The van der Waals surface area contributed by atoms with Gasteiger partial charge in [-0.2, -0.15) is 0 Å². The van der Waals surface area contributed by atoms with Crippen molar-refractivity contribution in [2.45, 2.75) is 19.4 Å². The molecule has 130 valence electrons. The Morgan fingerprint density at radius 3 is 2.40 bits per heavy atom. The lowest BCUT2D eigenvalue weighted by molar-refractivity contribution is -0.141. The number of anilines is 1. The van der Waals surface area contributed by atoms with Gasteiger partial charge in [-0.05, 0) is 30.2 Å². The number of urea groups is 1. The number of nitrogens with zero attached hydrogens (tertiary/aromatic N) is 2. The second kappa shape index (κ2) is 7.38. The smallest absolute Gasteiger partial charge is 0.324 e. The average Bonchev–Trinajstić information content (AvgIpc) is 3.02. The molecule has 0 N–H and O–H groups in total. The minimum absolute atomic E-state index is 0.0117. The van der Waals surface area contributed by atoms with Crippen molar-refractivity contribution in [1.82, 2.24) is 4.90 Å². The number of esters is 1. The number of carbonyl (C=O) groups is 2. The maximum absolute atomic E-state index is 12.7. The van der Waals surface area contributed by atoms with Crippen LogP contribution in [0.25, 0.3) is 0 Å². The van der Waals surface area contributed by atoms with Crippen LogP contribution in [0.3, 0.4) is 0 Å². The van der Waals surface area contributed by atoms with E-state index in [1.165, 1.54) is 7.11 Å². The summed E-state index contributed by atoms with van der Waals surface area (Å²) in [6, 6.07) is 17.5. The van der Waals surface area contributed by atoms with Crippen LogP contribution in [0.2, 0.25) is 0 Å². The third kappa shape index (κ3) is 3.65. The van der Waals surface area contributed by atoms with Crippen molar-refractivity contribution in [2.24, 2.45) is 0 Å². The van der Waals surface area contributed by atoms with E-state index in [1.54, 1.807) is 4.90 Å². The number of hydrogen-bond acceptors (Lipinski definition) is 3. The highest BCUT2D eigenvalue weighted by Gasteiger charge is 2.29. The molecule has 1 unspecified atom stereocenters. The topological polar surface area (TPSA) is 49.9 Å². The highest BCUT2D eigenvalue weighted by Crippen LogP contribution is 2.25. The summed E-state index contributed by atoms with van der Waals surface area (Å²) in [6.07, 6.45) is 0. The predicted octanol–water partition coefficient (Wildman–Crippen LogP) is 3.41. The van der Waals surface area contributed by atoms with Gasteiger partial charge < -0.3 is 9.64 Å². The fourth-order valence-electron chi connectivity index (χ4n) is 3.03. The summed E-state index contributed by atoms with van der Waals surface area (Å²) >= 11 is 0. The summed E-state index contributed by atoms with van der Waals surface area (Å²) in [5, 5.41) is 0. The highest BCUT2D eigenvalue weighted by molar-refractivity contribution is 5.94. The molecule has 0 aliphatic carbocycles. The van der Waals surface area contributed by atoms with Gasteiger partial charge in [0.1, 0.15) is 0 Å². The van der Waals surface area contributed by atoms with Crippen molar-refractivity contribution in [3.05, 3.63) is 65.7 Å². The van der Waals surface area contributed by atoms with E-state index in [4.69, 9.17) is 4.74 Å². The van der Waals surface area contributed by atoms with Crippen LogP contribution in [0.15, 0.2) is 54.6 Å². The highest BCUT2D eigenvalue weighted by atomic mass is 16.5. The lowest BCUT2D eigenvalue weighted by Crippen LogP contribution is -2.31. The number of amides is 2. The average molecular weight is 338 g/mol. The maximum atomic E-state index is 12.7. The van der Waals surface area contributed by atoms with Crippen LogP contribution in [0.5, 0.6) is 0 Å². The lowest BCUT2D eigenvalue weighted by Gasteiger charge is -2.19. The first-order chi connectivity index (χ1) is 12.1. The molecule has 1 aliphatic rings. The molecule has 1 fully saturated rings. The first-order valence-corrected chi connectivity index (χ1v) is 8.38. The van der Waals surface area contributed by atoms with E-state index in [0.717, 1.165) is 16.8 Å². The number of hydrogen-bond donors (Lipinski definition) is 0. The van der Waals surface area contributed by atoms with Gasteiger partial charge in [0.15, 0.2) is 0 Å². The first kappa shape index (κ1) is 17.0. The molecule has 1 atom stereocenters. The molecular formula is C20H22N2O3. The normalized spacial score (nSPS) is 15.4. The van der Waals surface area contributed by atoms with E-state index < -0.39 is 0 Å². The lowest BCUT2D eigenvalue weighted by atomic mass is 10.0. The fraction of sp³-hybridized carbons (Fsp3) is 0.300. The number of benzene rings is 2. The van der Waals surface area contributed by atoms with Crippen molar-refractivity contribution in [2.75, 3.05) is 25.1 Å². The molecule has 2 aromatic rings. The van der Waals surface area contributed by atoms with Gasteiger partial charge in [0, 0.05) is 25.3 Å². The summed E-state index contributed by atoms with van der Waals surface area (Å²) in [5.41, 5.74) is 2.85. The summed E-state index contributed by atoms with van der Waals surface area (Å²) in [7, 11) is 1.39. The SMILES string of the molecule is COC(=O)C(C)c1ccc(N2CCN(Cc3ccccc3)C2=O)cc1.